The van der Waals surface area contributed by atoms with Crippen molar-refractivity contribution in [2.45, 2.75) is 33.4 Å². The number of benzene rings is 1. The number of furan rings is 1. The quantitative estimate of drug-likeness (QED) is 0.809. The first-order valence-corrected chi connectivity index (χ1v) is 8.23. The Hall–Kier alpha value is -2.76. The number of carbonyl (C=O) groups excluding carboxylic acids is 2. The molecule has 2 rings (SSSR count). The summed E-state index contributed by atoms with van der Waals surface area (Å²) >= 11 is 0. The van der Waals surface area contributed by atoms with Crippen LogP contribution in [0.3, 0.4) is 0 Å². The predicted octanol–water partition coefficient (Wildman–Crippen LogP) is 2.67. The van der Waals surface area contributed by atoms with E-state index in [2.05, 4.69) is 10.6 Å². The second-order valence-electron chi connectivity index (χ2n) is 6.11. The molecule has 0 spiro atoms. The van der Waals surface area contributed by atoms with Gasteiger partial charge in [0.15, 0.2) is 11.9 Å². The third kappa shape index (κ3) is 4.86. The van der Waals surface area contributed by atoms with Crippen LogP contribution >= 0.6 is 0 Å². The van der Waals surface area contributed by atoms with Crippen molar-refractivity contribution in [2.24, 2.45) is 5.92 Å². The molecular formula is C19H24N2O4. The van der Waals surface area contributed by atoms with Crippen LogP contribution < -0.4 is 15.4 Å². The lowest BCUT2D eigenvalue weighted by Gasteiger charge is -2.22. The number of para-hydroxylation sites is 1. The standard InChI is InChI=1S/C19H24N2O4/c1-12(2)17(25-15-8-6-5-7-13(15)3)19(23)21-11-14-9-10-16(24-14)18(22)20-4/h5-10,12,17H,11H2,1-4H3,(H,20,22)(H,21,23). The predicted molar refractivity (Wildman–Crippen MR) is 94.4 cm³/mol. The normalized spacial score (nSPS) is 11.9. The Morgan fingerprint density at radius 2 is 1.88 bits per heavy atom. The first-order chi connectivity index (χ1) is 11.9. The number of carbonyl (C=O) groups is 2. The van der Waals surface area contributed by atoms with E-state index in [1.165, 1.54) is 7.05 Å². The first kappa shape index (κ1) is 18.6. The maximum absolute atomic E-state index is 12.5. The molecule has 0 aliphatic heterocycles. The third-order valence-electron chi connectivity index (χ3n) is 3.76. The Balaban J connectivity index is 2.00. The molecule has 2 N–H and O–H groups in total. The van der Waals surface area contributed by atoms with Crippen LogP contribution in [-0.4, -0.2) is 25.0 Å². The highest BCUT2D eigenvalue weighted by Crippen LogP contribution is 2.20. The average molecular weight is 344 g/mol. The highest BCUT2D eigenvalue weighted by molar-refractivity contribution is 5.91. The Morgan fingerprint density at radius 3 is 2.52 bits per heavy atom. The van der Waals surface area contributed by atoms with E-state index >= 15 is 0 Å². The monoisotopic (exact) mass is 344 g/mol. The fourth-order valence-electron chi connectivity index (χ4n) is 2.31. The molecule has 25 heavy (non-hydrogen) atoms. The van der Waals surface area contributed by atoms with Gasteiger partial charge in [-0.05, 0) is 36.6 Å². The van der Waals surface area contributed by atoms with Gasteiger partial charge in [0.2, 0.25) is 0 Å². The Morgan fingerprint density at radius 1 is 1.16 bits per heavy atom. The molecule has 1 atom stereocenters. The molecular weight excluding hydrogens is 320 g/mol. The molecule has 134 valence electrons. The highest BCUT2D eigenvalue weighted by atomic mass is 16.5. The third-order valence-corrected chi connectivity index (χ3v) is 3.76. The van der Waals surface area contributed by atoms with E-state index in [4.69, 9.17) is 9.15 Å². The summed E-state index contributed by atoms with van der Waals surface area (Å²) in [6.45, 7) is 5.99. The van der Waals surface area contributed by atoms with Crippen molar-refractivity contribution in [1.29, 1.82) is 0 Å². The minimum absolute atomic E-state index is 0.00219. The second kappa shape index (κ2) is 8.37. The van der Waals surface area contributed by atoms with E-state index in [1.807, 2.05) is 45.0 Å². The molecule has 0 saturated carbocycles. The van der Waals surface area contributed by atoms with Crippen LogP contribution in [0.25, 0.3) is 0 Å². The van der Waals surface area contributed by atoms with Gasteiger partial charge in [-0.25, -0.2) is 0 Å². The molecule has 2 aromatic rings. The molecule has 2 amide bonds. The van der Waals surface area contributed by atoms with E-state index in [0.717, 1.165) is 5.56 Å². The molecule has 1 unspecified atom stereocenters. The van der Waals surface area contributed by atoms with Gasteiger partial charge in [0, 0.05) is 7.05 Å². The maximum Gasteiger partial charge on any atom is 0.286 e. The molecule has 0 fully saturated rings. The lowest BCUT2D eigenvalue weighted by atomic mass is 10.1. The SMILES string of the molecule is CNC(=O)c1ccc(CNC(=O)C(Oc2ccccc2C)C(C)C)o1. The van der Waals surface area contributed by atoms with Crippen molar-refractivity contribution in [1.82, 2.24) is 10.6 Å². The van der Waals surface area contributed by atoms with Crippen LogP contribution in [0.5, 0.6) is 5.75 Å². The van der Waals surface area contributed by atoms with Crippen LogP contribution in [0, 0.1) is 12.8 Å². The van der Waals surface area contributed by atoms with Crippen LogP contribution in [0.4, 0.5) is 0 Å². The summed E-state index contributed by atoms with van der Waals surface area (Å²) in [5.74, 6) is 0.874. The maximum atomic E-state index is 12.5. The van der Waals surface area contributed by atoms with Crippen molar-refractivity contribution >= 4 is 11.8 Å². The van der Waals surface area contributed by atoms with Crippen molar-refractivity contribution in [3.8, 4) is 5.75 Å². The van der Waals surface area contributed by atoms with Crippen molar-refractivity contribution < 1.29 is 18.7 Å². The van der Waals surface area contributed by atoms with Crippen LogP contribution in [-0.2, 0) is 11.3 Å². The van der Waals surface area contributed by atoms with Crippen molar-refractivity contribution in [3.05, 3.63) is 53.5 Å². The summed E-state index contributed by atoms with van der Waals surface area (Å²) in [5, 5.41) is 5.29. The van der Waals surface area contributed by atoms with Gasteiger partial charge < -0.3 is 19.8 Å². The first-order valence-electron chi connectivity index (χ1n) is 8.23. The fraction of sp³-hybridized carbons (Fsp3) is 0.368. The number of nitrogens with one attached hydrogen (secondary N) is 2. The zero-order chi connectivity index (χ0) is 18.4. The number of hydrogen-bond donors (Lipinski definition) is 2. The minimum Gasteiger partial charge on any atom is -0.480 e. The smallest absolute Gasteiger partial charge is 0.286 e. The molecule has 1 aromatic carbocycles. The summed E-state index contributed by atoms with van der Waals surface area (Å²) in [6.07, 6.45) is -0.616. The topological polar surface area (TPSA) is 80.6 Å². The fourth-order valence-corrected chi connectivity index (χ4v) is 2.31. The van der Waals surface area contributed by atoms with E-state index in [-0.39, 0.29) is 30.0 Å². The molecule has 6 nitrogen and oxygen atoms in total. The molecule has 0 aliphatic rings. The number of ether oxygens (including phenoxy) is 1. The van der Waals surface area contributed by atoms with Gasteiger partial charge >= 0.3 is 0 Å². The lowest BCUT2D eigenvalue weighted by Crippen LogP contribution is -2.41. The summed E-state index contributed by atoms with van der Waals surface area (Å²) in [4.78, 5) is 24.0. The molecule has 0 bridgehead atoms. The van der Waals surface area contributed by atoms with E-state index in [1.54, 1.807) is 12.1 Å². The number of hydrogen-bond acceptors (Lipinski definition) is 4. The van der Waals surface area contributed by atoms with Crippen LogP contribution in [0.15, 0.2) is 40.8 Å². The van der Waals surface area contributed by atoms with Gasteiger partial charge in [-0.2, -0.15) is 0 Å². The summed E-state index contributed by atoms with van der Waals surface area (Å²) in [6, 6.07) is 10.8. The summed E-state index contributed by atoms with van der Waals surface area (Å²) in [7, 11) is 1.53. The summed E-state index contributed by atoms with van der Waals surface area (Å²) in [5.41, 5.74) is 0.974. The van der Waals surface area contributed by atoms with Gasteiger partial charge in [0.1, 0.15) is 11.5 Å². The van der Waals surface area contributed by atoms with Gasteiger partial charge in [-0.3, -0.25) is 9.59 Å². The van der Waals surface area contributed by atoms with Gasteiger partial charge in [0.05, 0.1) is 6.54 Å². The van der Waals surface area contributed by atoms with E-state index in [0.29, 0.717) is 11.5 Å². The number of aryl methyl sites for hydroxylation is 1. The van der Waals surface area contributed by atoms with E-state index < -0.39 is 6.10 Å². The van der Waals surface area contributed by atoms with Crippen molar-refractivity contribution in [2.75, 3.05) is 7.05 Å². The molecule has 0 aliphatic carbocycles. The lowest BCUT2D eigenvalue weighted by molar-refractivity contribution is -0.130. The molecule has 6 heteroatoms. The number of amides is 2. The Bertz CT molecular complexity index is 737. The summed E-state index contributed by atoms with van der Waals surface area (Å²) < 4.78 is 11.3. The molecule has 0 radical (unpaired) electrons. The molecule has 0 saturated heterocycles. The average Bonchev–Trinajstić information content (AvgIpc) is 3.07. The Kier molecular flexibility index (Phi) is 6.22. The van der Waals surface area contributed by atoms with E-state index in [9.17, 15) is 9.59 Å². The highest BCUT2D eigenvalue weighted by Gasteiger charge is 2.25. The van der Waals surface area contributed by atoms with Crippen LogP contribution in [0.2, 0.25) is 0 Å². The second-order valence-corrected chi connectivity index (χ2v) is 6.11. The van der Waals surface area contributed by atoms with Crippen molar-refractivity contribution in [3.63, 3.8) is 0 Å². The van der Waals surface area contributed by atoms with Crippen LogP contribution in [0.1, 0.15) is 35.7 Å². The largest absolute Gasteiger partial charge is 0.480 e. The van der Waals surface area contributed by atoms with Gasteiger partial charge in [0.25, 0.3) is 11.8 Å². The minimum atomic E-state index is -0.616. The molecule has 1 heterocycles. The Labute approximate surface area is 147 Å². The molecule has 1 aromatic heterocycles. The van der Waals surface area contributed by atoms with Gasteiger partial charge in [-0.1, -0.05) is 32.0 Å². The zero-order valence-corrected chi connectivity index (χ0v) is 15.0. The number of rotatable bonds is 7. The zero-order valence-electron chi connectivity index (χ0n) is 15.0. The van der Waals surface area contributed by atoms with Gasteiger partial charge in [-0.15, -0.1) is 0 Å².